The highest BCUT2D eigenvalue weighted by molar-refractivity contribution is 7.13. The molecule has 192 valence electrons. The Morgan fingerprint density at radius 2 is 2.00 bits per heavy atom. The van der Waals surface area contributed by atoms with Gasteiger partial charge in [-0.25, -0.2) is 9.97 Å². The minimum atomic E-state index is 0.0691. The molecule has 9 heteroatoms. The van der Waals surface area contributed by atoms with Crippen molar-refractivity contribution in [1.82, 2.24) is 30.1 Å². The van der Waals surface area contributed by atoms with Gasteiger partial charge in [-0.3, -0.25) is 14.9 Å². The number of allylic oxidation sites excluding steroid dienone is 2. The molecule has 1 amide bonds. The Morgan fingerprint density at radius 1 is 1.10 bits per heavy atom. The van der Waals surface area contributed by atoms with Crippen molar-refractivity contribution in [2.24, 2.45) is 5.92 Å². The van der Waals surface area contributed by atoms with Gasteiger partial charge < -0.3 is 10.3 Å². The number of pyridine rings is 2. The summed E-state index contributed by atoms with van der Waals surface area (Å²) in [4.78, 5) is 32.7. The number of aromatic nitrogens is 6. The number of rotatable bonds is 5. The zero-order chi connectivity index (χ0) is 26.3. The first kappa shape index (κ1) is 23.5. The van der Waals surface area contributed by atoms with Crippen LogP contribution in [0, 0.1) is 12.8 Å². The van der Waals surface area contributed by atoms with Crippen LogP contribution in [0.1, 0.15) is 46.8 Å². The van der Waals surface area contributed by atoms with Crippen molar-refractivity contribution in [1.29, 1.82) is 0 Å². The minimum Gasteiger partial charge on any atom is -0.336 e. The number of aryl methyl sites for hydroxylation is 1. The SMILES string of the molecule is Cc1ccc(C2=CC=C=Cc3[nH]c(-c4n[nH]c5ccc(-c6cncc(NC(=O)C7CCCC7)c6)nc45)nc32)s1. The summed E-state index contributed by atoms with van der Waals surface area (Å²) in [5, 5.41) is 10.7. The van der Waals surface area contributed by atoms with Crippen LogP contribution >= 0.6 is 11.3 Å². The van der Waals surface area contributed by atoms with Crippen LogP contribution in [0.4, 0.5) is 5.69 Å². The van der Waals surface area contributed by atoms with E-state index >= 15 is 0 Å². The van der Waals surface area contributed by atoms with E-state index in [-0.39, 0.29) is 11.8 Å². The number of amides is 1. The third-order valence-corrected chi connectivity index (χ3v) is 8.26. The predicted molar refractivity (Wildman–Crippen MR) is 154 cm³/mol. The smallest absolute Gasteiger partial charge is 0.227 e. The lowest BCUT2D eigenvalue weighted by molar-refractivity contribution is -0.119. The quantitative estimate of drug-likeness (QED) is 0.224. The van der Waals surface area contributed by atoms with Crippen molar-refractivity contribution in [3.8, 4) is 22.8 Å². The minimum absolute atomic E-state index is 0.0691. The van der Waals surface area contributed by atoms with Crippen LogP contribution in [0.5, 0.6) is 0 Å². The summed E-state index contributed by atoms with van der Waals surface area (Å²) in [5.41, 5.74) is 10.3. The van der Waals surface area contributed by atoms with Gasteiger partial charge in [0.2, 0.25) is 5.91 Å². The van der Waals surface area contributed by atoms with Crippen LogP contribution in [0.3, 0.4) is 0 Å². The van der Waals surface area contributed by atoms with Crippen LogP contribution in [0.25, 0.3) is 45.5 Å². The summed E-state index contributed by atoms with van der Waals surface area (Å²) in [5.74, 6) is 0.787. The maximum Gasteiger partial charge on any atom is 0.227 e. The molecule has 5 aromatic rings. The molecule has 0 bridgehead atoms. The molecule has 39 heavy (non-hydrogen) atoms. The summed E-state index contributed by atoms with van der Waals surface area (Å²) in [6, 6.07) is 10.0. The molecule has 0 saturated heterocycles. The zero-order valence-corrected chi connectivity index (χ0v) is 22.1. The fourth-order valence-corrected chi connectivity index (χ4v) is 6.13. The monoisotopic (exact) mass is 531 g/mol. The molecule has 7 rings (SSSR count). The molecule has 0 radical (unpaired) electrons. The van der Waals surface area contributed by atoms with E-state index < -0.39 is 0 Å². The maximum atomic E-state index is 12.6. The number of nitrogens with zero attached hydrogens (tertiary/aromatic N) is 4. The van der Waals surface area contributed by atoms with Crippen LogP contribution in [0.2, 0.25) is 0 Å². The number of H-pyrrole nitrogens is 2. The molecule has 0 aliphatic heterocycles. The van der Waals surface area contributed by atoms with E-state index in [0.717, 1.165) is 64.3 Å². The first-order valence-electron chi connectivity index (χ1n) is 13.0. The highest BCUT2D eigenvalue weighted by Gasteiger charge is 2.23. The van der Waals surface area contributed by atoms with Crippen molar-refractivity contribution < 1.29 is 4.79 Å². The summed E-state index contributed by atoms with van der Waals surface area (Å²) in [6.07, 6.45) is 13.4. The number of carbonyl (C=O) groups excluding carboxylic acids is 1. The second-order valence-electron chi connectivity index (χ2n) is 9.91. The lowest BCUT2D eigenvalue weighted by Crippen LogP contribution is -2.20. The van der Waals surface area contributed by atoms with E-state index in [2.05, 4.69) is 50.3 Å². The fraction of sp³-hybridized carbons (Fsp3) is 0.200. The van der Waals surface area contributed by atoms with Crippen molar-refractivity contribution >= 4 is 45.6 Å². The Hall–Kier alpha value is -4.59. The largest absolute Gasteiger partial charge is 0.336 e. The average molecular weight is 532 g/mol. The van der Waals surface area contributed by atoms with Gasteiger partial charge in [-0.15, -0.1) is 17.1 Å². The van der Waals surface area contributed by atoms with E-state index in [1.807, 2.05) is 36.4 Å². The maximum absolute atomic E-state index is 12.6. The van der Waals surface area contributed by atoms with Gasteiger partial charge in [0, 0.05) is 39.1 Å². The standard InChI is InChI=1S/C30H25N7OS/c1-17-10-13-25(39-17)21-8-4-5-9-23-26(21)35-29(34-23)28-27-24(36-37-28)12-11-22(33-27)19-14-20(16-31-15-19)32-30(38)18-6-2-3-7-18/h4,8-16,18H,2-3,6-7H2,1H3,(H,32,38)(H,34,35)(H,36,37). The molecular weight excluding hydrogens is 506 g/mol. The molecular formula is C30H25N7OS. The number of aromatic amines is 2. The Labute approximate surface area is 228 Å². The van der Waals surface area contributed by atoms with Gasteiger partial charge in [-0.1, -0.05) is 12.8 Å². The number of carbonyl (C=O) groups is 1. The molecule has 0 spiro atoms. The number of imidazole rings is 1. The molecule has 2 aliphatic carbocycles. The molecule has 3 N–H and O–H groups in total. The fourth-order valence-electron chi connectivity index (χ4n) is 5.23. The number of hydrogen-bond donors (Lipinski definition) is 3. The molecule has 0 unspecified atom stereocenters. The van der Waals surface area contributed by atoms with E-state index in [1.165, 1.54) is 4.88 Å². The molecule has 5 heterocycles. The molecule has 2 aliphatic rings. The van der Waals surface area contributed by atoms with Crippen LogP contribution in [0.15, 0.2) is 60.6 Å². The Morgan fingerprint density at radius 3 is 2.85 bits per heavy atom. The highest BCUT2D eigenvalue weighted by Crippen LogP contribution is 2.35. The number of fused-ring (bicyclic) bond motifs is 2. The second kappa shape index (κ2) is 9.62. The number of hydrogen-bond acceptors (Lipinski definition) is 6. The van der Waals surface area contributed by atoms with Crippen molar-refractivity contribution in [2.45, 2.75) is 32.6 Å². The Balaban J connectivity index is 1.23. The summed E-state index contributed by atoms with van der Waals surface area (Å²) in [6.45, 7) is 2.10. The number of anilines is 1. The number of nitrogens with one attached hydrogen (secondary N) is 3. The van der Waals surface area contributed by atoms with E-state index in [4.69, 9.17) is 9.97 Å². The van der Waals surface area contributed by atoms with Crippen LogP contribution < -0.4 is 5.32 Å². The molecule has 0 aromatic carbocycles. The molecule has 1 fully saturated rings. The van der Waals surface area contributed by atoms with E-state index in [0.29, 0.717) is 22.7 Å². The van der Waals surface area contributed by atoms with Crippen LogP contribution in [-0.2, 0) is 4.79 Å². The summed E-state index contributed by atoms with van der Waals surface area (Å²) < 4.78 is 0. The van der Waals surface area contributed by atoms with Gasteiger partial charge in [0.15, 0.2) is 11.5 Å². The van der Waals surface area contributed by atoms with Crippen molar-refractivity contribution in [3.63, 3.8) is 0 Å². The lowest BCUT2D eigenvalue weighted by Gasteiger charge is -2.11. The van der Waals surface area contributed by atoms with Gasteiger partial charge in [-0.2, -0.15) is 5.10 Å². The van der Waals surface area contributed by atoms with Gasteiger partial charge in [0.1, 0.15) is 5.52 Å². The zero-order valence-electron chi connectivity index (χ0n) is 21.3. The highest BCUT2D eigenvalue weighted by atomic mass is 32.1. The topological polar surface area (TPSA) is 112 Å². The summed E-state index contributed by atoms with van der Waals surface area (Å²) in [7, 11) is 0. The third-order valence-electron chi connectivity index (χ3n) is 7.23. The van der Waals surface area contributed by atoms with Gasteiger partial charge >= 0.3 is 0 Å². The molecule has 1 saturated carbocycles. The van der Waals surface area contributed by atoms with Crippen LogP contribution in [-0.4, -0.2) is 36.0 Å². The van der Waals surface area contributed by atoms with Crippen molar-refractivity contribution in [2.75, 3.05) is 5.32 Å². The summed E-state index contributed by atoms with van der Waals surface area (Å²) >= 11 is 1.74. The Bertz CT molecular complexity index is 1830. The van der Waals surface area contributed by atoms with E-state index in [9.17, 15) is 4.79 Å². The third kappa shape index (κ3) is 4.41. The Kier molecular flexibility index (Phi) is 5.80. The molecule has 5 aromatic heterocycles. The molecule has 0 atom stereocenters. The van der Waals surface area contributed by atoms with Crippen molar-refractivity contribution in [3.05, 3.63) is 81.8 Å². The predicted octanol–water partition coefficient (Wildman–Crippen LogP) is 6.52. The lowest BCUT2D eigenvalue weighted by atomic mass is 10.1. The van der Waals surface area contributed by atoms with Gasteiger partial charge in [0.25, 0.3) is 0 Å². The first-order valence-corrected chi connectivity index (χ1v) is 13.9. The van der Waals surface area contributed by atoms with Gasteiger partial charge in [-0.05, 0) is 62.2 Å². The van der Waals surface area contributed by atoms with E-state index in [1.54, 1.807) is 23.7 Å². The normalized spacial score (nSPS) is 14.9. The average Bonchev–Trinajstić information content (AvgIpc) is 3.75. The molecule has 8 nitrogen and oxygen atoms in total. The number of thiophene rings is 1. The van der Waals surface area contributed by atoms with Gasteiger partial charge in [0.05, 0.1) is 34.5 Å². The second-order valence-corrected chi connectivity index (χ2v) is 11.2. The first-order chi connectivity index (χ1) is 19.1.